The van der Waals surface area contributed by atoms with Crippen molar-refractivity contribution in [3.05, 3.63) is 71.8 Å². The van der Waals surface area contributed by atoms with E-state index in [1.807, 2.05) is 48.5 Å². The highest BCUT2D eigenvalue weighted by molar-refractivity contribution is 5.78. The van der Waals surface area contributed by atoms with Crippen LogP contribution in [-0.2, 0) is 27.4 Å². The molecule has 0 unspecified atom stereocenters. The molecular weight excluding hydrogens is 360 g/mol. The van der Waals surface area contributed by atoms with Gasteiger partial charge >= 0.3 is 5.97 Å². The normalized spacial score (nSPS) is 10.6. The van der Waals surface area contributed by atoms with Crippen molar-refractivity contribution in [1.82, 2.24) is 0 Å². The SMILES string of the molecule is O=C(CCCCCCCCC(=O)OCc1ccccc1)CCCc1ccccc1. The molecule has 0 aliphatic carbocycles. The third-order valence-corrected chi connectivity index (χ3v) is 5.09. The monoisotopic (exact) mass is 394 g/mol. The maximum Gasteiger partial charge on any atom is 0.306 e. The first-order valence-corrected chi connectivity index (χ1v) is 11.0. The van der Waals surface area contributed by atoms with Crippen molar-refractivity contribution in [2.45, 2.75) is 77.2 Å². The van der Waals surface area contributed by atoms with Crippen molar-refractivity contribution in [3.63, 3.8) is 0 Å². The molecule has 0 spiro atoms. The average Bonchev–Trinajstić information content (AvgIpc) is 2.75. The minimum Gasteiger partial charge on any atom is -0.461 e. The van der Waals surface area contributed by atoms with Crippen molar-refractivity contribution in [1.29, 1.82) is 0 Å². The number of benzene rings is 2. The molecule has 2 aromatic rings. The number of hydrogen-bond donors (Lipinski definition) is 0. The summed E-state index contributed by atoms with van der Waals surface area (Å²) in [5.41, 5.74) is 2.33. The molecule has 0 atom stereocenters. The van der Waals surface area contributed by atoms with Crippen LogP contribution >= 0.6 is 0 Å². The first-order chi connectivity index (χ1) is 14.2. The maximum absolute atomic E-state index is 12.0. The summed E-state index contributed by atoms with van der Waals surface area (Å²) >= 11 is 0. The Morgan fingerprint density at radius 2 is 1.10 bits per heavy atom. The van der Waals surface area contributed by atoms with Gasteiger partial charge in [-0.1, -0.05) is 86.3 Å². The number of Topliss-reactive ketones (excluding diaryl/α,β-unsaturated/α-hetero) is 1. The highest BCUT2D eigenvalue weighted by Gasteiger charge is 2.04. The van der Waals surface area contributed by atoms with E-state index in [0.717, 1.165) is 56.9 Å². The molecule has 3 heteroatoms. The molecule has 29 heavy (non-hydrogen) atoms. The highest BCUT2D eigenvalue weighted by atomic mass is 16.5. The van der Waals surface area contributed by atoms with E-state index in [1.165, 1.54) is 5.56 Å². The van der Waals surface area contributed by atoms with Crippen LogP contribution in [0.2, 0.25) is 0 Å². The number of ether oxygens (including phenoxy) is 1. The van der Waals surface area contributed by atoms with E-state index in [2.05, 4.69) is 12.1 Å². The van der Waals surface area contributed by atoms with Crippen molar-refractivity contribution in [2.75, 3.05) is 0 Å². The van der Waals surface area contributed by atoms with Crippen molar-refractivity contribution < 1.29 is 14.3 Å². The summed E-state index contributed by atoms with van der Waals surface area (Å²) in [5, 5.41) is 0. The Morgan fingerprint density at radius 1 is 0.586 bits per heavy atom. The number of aryl methyl sites for hydroxylation is 1. The minimum absolute atomic E-state index is 0.116. The van der Waals surface area contributed by atoms with Gasteiger partial charge in [0.05, 0.1) is 0 Å². The third kappa shape index (κ3) is 11.2. The Balaban J connectivity index is 1.37. The summed E-state index contributed by atoms with van der Waals surface area (Å²) in [6.07, 6.45) is 10.1. The van der Waals surface area contributed by atoms with Gasteiger partial charge in [0.25, 0.3) is 0 Å². The molecule has 0 aromatic heterocycles. The molecule has 3 nitrogen and oxygen atoms in total. The summed E-state index contributed by atoms with van der Waals surface area (Å²) in [5.74, 6) is 0.275. The molecule has 0 fully saturated rings. The van der Waals surface area contributed by atoms with E-state index in [-0.39, 0.29) is 5.97 Å². The van der Waals surface area contributed by atoms with Crippen LogP contribution in [0.1, 0.15) is 75.3 Å². The van der Waals surface area contributed by atoms with Crippen LogP contribution < -0.4 is 0 Å². The smallest absolute Gasteiger partial charge is 0.306 e. The highest BCUT2D eigenvalue weighted by Crippen LogP contribution is 2.12. The second kappa shape index (κ2) is 14.6. The number of esters is 1. The summed E-state index contributed by atoms with van der Waals surface area (Å²) in [6, 6.07) is 20.1. The zero-order valence-electron chi connectivity index (χ0n) is 17.5. The van der Waals surface area contributed by atoms with E-state index < -0.39 is 0 Å². The molecule has 0 N–H and O–H groups in total. The predicted molar refractivity (Wildman–Crippen MR) is 118 cm³/mol. The molecule has 0 heterocycles. The van der Waals surface area contributed by atoms with Crippen molar-refractivity contribution in [2.24, 2.45) is 0 Å². The second-order valence-corrected chi connectivity index (χ2v) is 7.65. The minimum atomic E-state index is -0.116. The average molecular weight is 395 g/mol. The van der Waals surface area contributed by atoms with Gasteiger partial charge < -0.3 is 4.74 Å². The molecule has 0 saturated heterocycles. The summed E-state index contributed by atoms with van der Waals surface area (Å²) in [6.45, 7) is 0.360. The van der Waals surface area contributed by atoms with E-state index in [9.17, 15) is 9.59 Å². The molecular formula is C26H34O3. The van der Waals surface area contributed by atoms with Gasteiger partial charge in [-0.25, -0.2) is 0 Å². The van der Waals surface area contributed by atoms with Crippen molar-refractivity contribution >= 4 is 11.8 Å². The van der Waals surface area contributed by atoms with Gasteiger partial charge in [0.15, 0.2) is 0 Å². The standard InChI is InChI=1S/C26H34O3/c27-25(20-13-18-23-14-7-5-8-15-23)19-11-3-1-2-4-12-21-26(28)29-22-24-16-9-6-10-17-24/h5-10,14-17H,1-4,11-13,18-22H2. The van der Waals surface area contributed by atoms with Gasteiger partial charge in [0.1, 0.15) is 12.4 Å². The molecule has 0 aliphatic heterocycles. The topological polar surface area (TPSA) is 43.4 Å². The molecule has 2 aromatic carbocycles. The van der Waals surface area contributed by atoms with Gasteiger partial charge in [-0.3, -0.25) is 9.59 Å². The Kier molecular flexibility index (Phi) is 11.5. The number of hydrogen-bond acceptors (Lipinski definition) is 3. The quantitative estimate of drug-likeness (QED) is 0.258. The van der Waals surface area contributed by atoms with Crippen LogP contribution in [0.4, 0.5) is 0 Å². The van der Waals surface area contributed by atoms with E-state index in [0.29, 0.717) is 31.7 Å². The largest absolute Gasteiger partial charge is 0.461 e. The first kappa shape index (κ1) is 22.9. The summed E-state index contributed by atoms with van der Waals surface area (Å²) in [4.78, 5) is 23.7. The van der Waals surface area contributed by atoms with Crippen LogP contribution in [0.25, 0.3) is 0 Å². The summed E-state index contributed by atoms with van der Waals surface area (Å²) in [7, 11) is 0. The predicted octanol–water partition coefficient (Wildman–Crippen LogP) is 6.44. The van der Waals surface area contributed by atoms with Gasteiger partial charge in [-0.2, -0.15) is 0 Å². The zero-order chi connectivity index (χ0) is 20.6. The number of unbranched alkanes of at least 4 members (excludes halogenated alkanes) is 5. The lowest BCUT2D eigenvalue weighted by Gasteiger charge is -2.05. The fourth-order valence-corrected chi connectivity index (χ4v) is 3.37. The Hall–Kier alpha value is -2.42. The van der Waals surface area contributed by atoms with Crippen molar-refractivity contribution in [3.8, 4) is 0 Å². The molecule has 0 radical (unpaired) electrons. The van der Waals surface area contributed by atoms with E-state index in [1.54, 1.807) is 0 Å². The summed E-state index contributed by atoms with van der Waals surface area (Å²) < 4.78 is 5.28. The van der Waals surface area contributed by atoms with Gasteiger partial charge in [0.2, 0.25) is 0 Å². The molecule has 0 amide bonds. The Labute approximate surface area is 175 Å². The maximum atomic E-state index is 12.0. The number of carbonyl (C=O) groups is 2. The lowest BCUT2D eigenvalue weighted by atomic mass is 10.0. The molecule has 0 saturated carbocycles. The Morgan fingerprint density at radius 3 is 1.76 bits per heavy atom. The lowest BCUT2D eigenvalue weighted by Crippen LogP contribution is -2.04. The Bertz CT molecular complexity index is 694. The lowest BCUT2D eigenvalue weighted by molar-refractivity contribution is -0.145. The third-order valence-electron chi connectivity index (χ3n) is 5.09. The van der Waals surface area contributed by atoms with Gasteiger partial charge in [-0.05, 0) is 36.8 Å². The fourth-order valence-electron chi connectivity index (χ4n) is 3.37. The van der Waals surface area contributed by atoms with Crippen LogP contribution in [0, 0.1) is 0 Å². The number of ketones is 1. The second-order valence-electron chi connectivity index (χ2n) is 7.65. The molecule has 2 rings (SSSR count). The fraction of sp³-hybridized carbons (Fsp3) is 0.462. The molecule has 0 bridgehead atoms. The van der Waals surface area contributed by atoms with E-state index in [4.69, 9.17) is 4.74 Å². The molecule has 156 valence electrons. The number of carbonyl (C=O) groups excluding carboxylic acids is 2. The number of rotatable bonds is 15. The van der Waals surface area contributed by atoms with Gasteiger partial charge in [-0.15, -0.1) is 0 Å². The van der Waals surface area contributed by atoms with Crippen LogP contribution in [0.5, 0.6) is 0 Å². The van der Waals surface area contributed by atoms with E-state index >= 15 is 0 Å². The first-order valence-electron chi connectivity index (χ1n) is 11.0. The van der Waals surface area contributed by atoms with Crippen LogP contribution in [-0.4, -0.2) is 11.8 Å². The van der Waals surface area contributed by atoms with Crippen LogP contribution in [0.15, 0.2) is 60.7 Å². The van der Waals surface area contributed by atoms with Gasteiger partial charge in [0, 0.05) is 19.3 Å². The zero-order valence-corrected chi connectivity index (χ0v) is 17.5. The molecule has 0 aliphatic rings. The van der Waals surface area contributed by atoms with Crippen LogP contribution in [0.3, 0.4) is 0 Å².